The number of hydrogen-bond donors (Lipinski definition) is 1. The lowest BCUT2D eigenvalue weighted by Crippen LogP contribution is -2.07. The summed E-state index contributed by atoms with van der Waals surface area (Å²) in [6.45, 7) is 4.69. The molecule has 0 aliphatic rings. The van der Waals surface area contributed by atoms with Gasteiger partial charge < -0.3 is 5.11 Å². The molecule has 2 heterocycles. The van der Waals surface area contributed by atoms with E-state index in [1.54, 1.807) is 18.3 Å². The molecule has 0 atom stereocenters. The first-order chi connectivity index (χ1) is 14.5. The molecule has 0 aliphatic heterocycles. The second-order valence-electron chi connectivity index (χ2n) is 7.14. The summed E-state index contributed by atoms with van der Waals surface area (Å²) in [6.07, 6.45) is 5.70. The molecule has 0 aliphatic carbocycles. The van der Waals surface area contributed by atoms with Crippen molar-refractivity contribution in [3.05, 3.63) is 65.4 Å². The molecule has 156 valence electrons. The Morgan fingerprint density at radius 2 is 1.83 bits per heavy atom. The van der Waals surface area contributed by atoms with E-state index in [1.807, 2.05) is 35.9 Å². The molecule has 0 unspecified atom stereocenters. The lowest BCUT2D eigenvalue weighted by Gasteiger charge is -2.08. The van der Waals surface area contributed by atoms with Crippen LogP contribution >= 0.6 is 0 Å². The summed E-state index contributed by atoms with van der Waals surface area (Å²) in [6, 6.07) is 10.7. The zero-order valence-electron chi connectivity index (χ0n) is 17.3. The second-order valence-corrected chi connectivity index (χ2v) is 7.14. The van der Waals surface area contributed by atoms with Crippen molar-refractivity contribution in [2.24, 2.45) is 0 Å². The molecule has 0 spiro atoms. The van der Waals surface area contributed by atoms with E-state index in [0.717, 1.165) is 42.8 Å². The Labute approximate surface area is 175 Å². The molecule has 2 aromatic heterocycles. The van der Waals surface area contributed by atoms with Crippen LogP contribution in [0.25, 0.3) is 11.3 Å². The molecule has 0 fully saturated rings. The Morgan fingerprint density at radius 3 is 2.50 bits per heavy atom. The lowest BCUT2D eigenvalue weighted by atomic mass is 10.0. The third kappa shape index (κ3) is 4.97. The number of carboxylic acids is 1. The number of pyridine rings is 1. The number of Topliss-reactive ketones (excluding diaryl/α,β-unsaturated/α-hetero) is 1. The summed E-state index contributed by atoms with van der Waals surface area (Å²) in [5, 5.41) is 13.8. The van der Waals surface area contributed by atoms with Crippen LogP contribution in [0.5, 0.6) is 0 Å². The van der Waals surface area contributed by atoms with Gasteiger partial charge >= 0.3 is 5.97 Å². The quantitative estimate of drug-likeness (QED) is 0.395. The van der Waals surface area contributed by atoms with E-state index in [4.69, 9.17) is 0 Å². The largest absolute Gasteiger partial charge is 0.478 e. The fourth-order valence-electron chi connectivity index (χ4n) is 3.24. The van der Waals surface area contributed by atoms with E-state index in [0.29, 0.717) is 18.5 Å². The first-order valence-corrected chi connectivity index (χ1v) is 10.3. The summed E-state index contributed by atoms with van der Waals surface area (Å²) >= 11 is 0. The Balaban J connectivity index is 1.83. The molecular weight excluding hydrogens is 380 g/mol. The van der Waals surface area contributed by atoms with Crippen LogP contribution < -0.4 is 0 Å². The molecule has 0 bridgehead atoms. The molecule has 7 heteroatoms. The van der Waals surface area contributed by atoms with Gasteiger partial charge in [-0.1, -0.05) is 51.0 Å². The number of aryl methyl sites for hydroxylation is 1. The van der Waals surface area contributed by atoms with Crippen molar-refractivity contribution in [3.8, 4) is 11.3 Å². The monoisotopic (exact) mass is 406 g/mol. The highest BCUT2D eigenvalue weighted by Gasteiger charge is 2.16. The summed E-state index contributed by atoms with van der Waals surface area (Å²) in [5.41, 5.74) is 2.35. The molecule has 1 aromatic carbocycles. The Hall–Kier alpha value is -3.35. The maximum atomic E-state index is 12.1. The zero-order chi connectivity index (χ0) is 21.5. The predicted molar refractivity (Wildman–Crippen MR) is 114 cm³/mol. The highest BCUT2D eigenvalue weighted by atomic mass is 16.4. The van der Waals surface area contributed by atoms with Crippen molar-refractivity contribution in [1.82, 2.24) is 19.7 Å². The molecule has 1 N–H and O–H groups in total. The van der Waals surface area contributed by atoms with Gasteiger partial charge in [-0.15, -0.1) is 5.10 Å². The van der Waals surface area contributed by atoms with Gasteiger partial charge in [0.05, 0.1) is 11.3 Å². The molecule has 3 aromatic rings. The number of ketones is 1. The molecule has 0 radical (unpaired) electrons. The maximum Gasteiger partial charge on any atom is 0.337 e. The highest BCUT2D eigenvalue weighted by Crippen LogP contribution is 2.22. The number of benzene rings is 1. The fraction of sp³-hybridized carbons (Fsp3) is 0.348. The average molecular weight is 406 g/mol. The van der Waals surface area contributed by atoms with Gasteiger partial charge in [0.15, 0.2) is 0 Å². The van der Waals surface area contributed by atoms with Crippen LogP contribution in [0.2, 0.25) is 0 Å². The average Bonchev–Trinajstić information content (AvgIpc) is 3.16. The van der Waals surface area contributed by atoms with Crippen LogP contribution in [0.15, 0.2) is 42.6 Å². The number of carbonyl (C=O) groups is 2. The number of hydrogen-bond acceptors (Lipinski definition) is 5. The van der Waals surface area contributed by atoms with Gasteiger partial charge in [-0.3, -0.25) is 9.78 Å². The molecule has 0 saturated heterocycles. The number of aromatic carboxylic acids is 1. The standard InChI is InChI=1S/C23H26N4O3/c1-3-5-6-14-27-20(25-22(26-27)19(28)4-2)15-16-9-11-17(12-10-16)21-18(23(29)30)8-7-13-24-21/h7-13H,3-6,14-15H2,1-2H3,(H,29,30). The first-order valence-electron chi connectivity index (χ1n) is 10.3. The highest BCUT2D eigenvalue weighted by molar-refractivity contribution is 5.94. The Kier molecular flexibility index (Phi) is 7.06. The minimum atomic E-state index is -1.00. The summed E-state index contributed by atoms with van der Waals surface area (Å²) in [5.74, 6) is -0.0208. The number of rotatable bonds is 10. The second kappa shape index (κ2) is 9.91. The number of carbonyl (C=O) groups excluding carboxylic acids is 1. The number of unbranched alkanes of at least 4 members (excludes halogenated alkanes) is 2. The number of nitrogens with zero attached hydrogens (tertiary/aromatic N) is 4. The summed E-state index contributed by atoms with van der Waals surface area (Å²) in [7, 11) is 0. The van der Waals surface area contributed by atoms with Crippen LogP contribution in [0.4, 0.5) is 0 Å². The molecule has 7 nitrogen and oxygen atoms in total. The van der Waals surface area contributed by atoms with Crippen molar-refractivity contribution < 1.29 is 14.7 Å². The maximum absolute atomic E-state index is 12.1. The third-order valence-corrected chi connectivity index (χ3v) is 4.92. The Morgan fingerprint density at radius 1 is 1.07 bits per heavy atom. The van der Waals surface area contributed by atoms with Crippen molar-refractivity contribution >= 4 is 11.8 Å². The van der Waals surface area contributed by atoms with Gasteiger partial charge in [-0.05, 0) is 24.1 Å². The van der Waals surface area contributed by atoms with Gasteiger partial charge in [0.25, 0.3) is 0 Å². The van der Waals surface area contributed by atoms with Gasteiger partial charge in [-0.25, -0.2) is 14.5 Å². The van der Waals surface area contributed by atoms with Crippen molar-refractivity contribution in [2.45, 2.75) is 52.5 Å². The molecule has 3 rings (SSSR count). The minimum Gasteiger partial charge on any atom is -0.478 e. The predicted octanol–water partition coefficient (Wildman–Crippen LogP) is 4.41. The van der Waals surface area contributed by atoms with Crippen LogP contribution in [0.3, 0.4) is 0 Å². The normalized spacial score (nSPS) is 10.9. The molecule has 0 saturated carbocycles. The molecule has 0 amide bonds. The minimum absolute atomic E-state index is 0.0582. The smallest absolute Gasteiger partial charge is 0.337 e. The summed E-state index contributed by atoms with van der Waals surface area (Å²) < 4.78 is 1.84. The number of carboxylic acid groups (broad SMARTS) is 1. The van der Waals surface area contributed by atoms with E-state index >= 15 is 0 Å². The fourth-order valence-corrected chi connectivity index (χ4v) is 3.24. The first kappa shape index (κ1) is 21.4. The summed E-state index contributed by atoms with van der Waals surface area (Å²) in [4.78, 5) is 32.2. The van der Waals surface area contributed by atoms with E-state index in [9.17, 15) is 14.7 Å². The van der Waals surface area contributed by atoms with Crippen LogP contribution in [-0.2, 0) is 13.0 Å². The SMILES string of the molecule is CCCCCn1nc(C(=O)CC)nc1Cc1ccc(-c2ncccc2C(=O)O)cc1. The van der Waals surface area contributed by atoms with Gasteiger partial charge in [0.1, 0.15) is 5.82 Å². The van der Waals surface area contributed by atoms with E-state index in [2.05, 4.69) is 22.0 Å². The van der Waals surface area contributed by atoms with Gasteiger partial charge in [0, 0.05) is 31.1 Å². The zero-order valence-corrected chi connectivity index (χ0v) is 17.3. The van der Waals surface area contributed by atoms with Crippen LogP contribution in [-0.4, -0.2) is 36.6 Å². The third-order valence-electron chi connectivity index (χ3n) is 4.92. The van der Waals surface area contributed by atoms with Crippen molar-refractivity contribution in [1.29, 1.82) is 0 Å². The van der Waals surface area contributed by atoms with E-state index < -0.39 is 5.97 Å². The van der Waals surface area contributed by atoms with Crippen molar-refractivity contribution in [2.75, 3.05) is 0 Å². The Bertz CT molecular complexity index is 1030. The lowest BCUT2D eigenvalue weighted by molar-refractivity contribution is 0.0697. The van der Waals surface area contributed by atoms with Gasteiger partial charge in [0.2, 0.25) is 11.6 Å². The molecule has 30 heavy (non-hydrogen) atoms. The van der Waals surface area contributed by atoms with E-state index in [1.165, 1.54) is 0 Å². The van der Waals surface area contributed by atoms with Crippen molar-refractivity contribution in [3.63, 3.8) is 0 Å². The van der Waals surface area contributed by atoms with Crippen LogP contribution in [0, 0.1) is 0 Å². The van der Waals surface area contributed by atoms with E-state index in [-0.39, 0.29) is 17.2 Å². The number of aromatic nitrogens is 4. The molecular formula is C23H26N4O3. The topological polar surface area (TPSA) is 98.0 Å². The van der Waals surface area contributed by atoms with Gasteiger partial charge in [-0.2, -0.15) is 0 Å². The van der Waals surface area contributed by atoms with Crippen LogP contribution in [0.1, 0.15) is 71.9 Å².